The van der Waals surface area contributed by atoms with Crippen LogP contribution in [0.5, 0.6) is 5.75 Å². The highest BCUT2D eigenvalue weighted by Crippen LogP contribution is 2.37. The maximum atomic E-state index is 12.4. The molecule has 0 fully saturated rings. The summed E-state index contributed by atoms with van der Waals surface area (Å²) in [5.41, 5.74) is 0.826. The van der Waals surface area contributed by atoms with Crippen LogP contribution in [0.1, 0.15) is 37.9 Å². The van der Waals surface area contributed by atoms with Gasteiger partial charge in [-0.25, -0.2) is 0 Å². The molecule has 0 aliphatic carbocycles. The van der Waals surface area contributed by atoms with E-state index >= 15 is 0 Å². The van der Waals surface area contributed by atoms with Crippen molar-refractivity contribution in [2.45, 2.75) is 59.0 Å². The fourth-order valence-electron chi connectivity index (χ4n) is 2.10. The maximum absolute atomic E-state index is 12.4. The number of benzene rings is 1. The van der Waals surface area contributed by atoms with Crippen LogP contribution >= 0.6 is 0 Å². The van der Waals surface area contributed by atoms with Crippen LogP contribution in [0.3, 0.4) is 0 Å². The molecular formula is C20H28O4Si. The van der Waals surface area contributed by atoms with Crippen LogP contribution in [-0.2, 0) is 17.6 Å². The molecule has 1 aromatic heterocycles. The molecule has 0 unspecified atom stereocenters. The van der Waals surface area contributed by atoms with Gasteiger partial charge in [0.15, 0.2) is 14.1 Å². The Morgan fingerprint density at radius 3 is 2.32 bits per heavy atom. The van der Waals surface area contributed by atoms with Crippen LogP contribution < -0.4 is 10.2 Å². The summed E-state index contributed by atoms with van der Waals surface area (Å²) in [7, 11) is -1.95. The smallest absolute Gasteiger partial charge is 0.227 e. The molecule has 0 aliphatic rings. The zero-order chi connectivity index (χ0) is 18.7. The molecule has 0 aliphatic heterocycles. The molecule has 5 heteroatoms. The molecule has 0 bridgehead atoms. The largest absolute Gasteiger partial charge is 0.482 e. The van der Waals surface area contributed by atoms with Crippen LogP contribution in [-0.4, -0.2) is 8.32 Å². The zero-order valence-corrected chi connectivity index (χ0v) is 17.0. The first-order chi connectivity index (χ1) is 11.6. The molecule has 4 nitrogen and oxygen atoms in total. The monoisotopic (exact) mass is 360 g/mol. The molecular weight excluding hydrogens is 332 g/mol. The summed E-state index contributed by atoms with van der Waals surface area (Å²) >= 11 is 0. The molecule has 2 aromatic rings. The van der Waals surface area contributed by atoms with Crippen molar-refractivity contribution in [1.29, 1.82) is 0 Å². The molecule has 0 atom stereocenters. The van der Waals surface area contributed by atoms with E-state index in [0.29, 0.717) is 18.1 Å². The van der Waals surface area contributed by atoms with Gasteiger partial charge >= 0.3 is 0 Å². The van der Waals surface area contributed by atoms with E-state index in [4.69, 9.17) is 13.6 Å². The van der Waals surface area contributed by atoms with Crippen LogP contribution in [0.15, 0.2) is 45.6 Å². The molecule has 2 rings (SSSR count). The van der Waals surface area contributed by atoms with E-state index in [2.05, 4.69) is 33.9 Å². The predicted octanol–water partition coefficient (Wildman–Crippen LogP) is 5.05. The summed E-state index contributed by atoms with van der Waals surface area (Å²) in [6.07, 6.45) is 0. The minimum Gasteiger partial charge on any atom is -0.482 e. The van der Waals surface area contributed by atoms with Gasteiger partial charge in [0.1, 0.15) is 12.4 Å². The van der Waals surface area contributed by atoms with Crippen LogP contribution in [0.2, 0.25) is 18.1 Å². The third kappa shape index (κ3) is 5.06. The van der Waals surface area contributed by atoms with E-state index in [1.165, 1.54) is 6.07 Å². The van der Waals surface area contributed by atoms with Crippen LogP contribution in [0, 0.1) is 6.92 Å². The van der Waals surface area contributed by atoms with Gasteiger partial charge in [0.05, 0.1) is 6.61 Å². The van der Waals surface area contributed by atoms with Gasteiger partial charge in [-0.15, -0.1) is 0 Å². The van der Waals surface area contributed by atoms with Crippen molar-refractivity contribution in [3.8, 4) is 5.75 Å². The topological polar surface area (TPSA) is 48.7 Å². The van der Waals surface area contributed by atoms with Crippen molar-refractivity contribution in [2.24, 2.45) is 0 Å². The van der Waals surface area contributed by atoms with Gasteiger partial charge in [-0.3, -0.25) is 4.79 Å². The Balaban J connectivity index is 2.21. The second-order valence-corrected chi connectivity index (χ2v) is 12.6. The second-order valence-electron chi connectivity index (χ2n) is 7.80. The summed E-state index contributed by atoms with van der Waals surface area (Å²) < 4.78 is 17.8. The Hall–Kier alpha value is -1.85. The molecule has 1 aromatic carbocycles. The minimum atomic E-state index is -1.95. The summed E-state index contributed by atoms with van der Waals surface area (Å²) in [5, 5.41) is 0.0855. The Morgan fingerprint density at radius 1 is 1.08 bits per heavy atom. The highest BCUT2D eigenvalue weighted by Gasteiger charge is 2.37. The van der Waals surface area contributed by atoms with Gasteiger partial charge in [-0.2, -0.15) is 0 Å². The number of ether oxygens (including phenoxy) is 1. The van der Waals surface area contributed by atoms with Crippen molar-refractivity contribution in [3.05, 3.63) is 63.7 Å². The van der Waals surface area contributed by atoms with E-state index in [1.807, 2.05) is 30.3 Å². The van der Waals surface area contributed by atoms with Crippen molar-refractivity contribution in [2.75, 3.05) is 0 Å². The molecule has 0 saturated carbocycles. The molecule has 0 radical (unpaired) electrons. The number of aryl methyl sites for hydroxylation is 1. The van der Waals surface area contributed by atoms with E-state index in [1.54, 1.807) is 6.92 Å². The SMILES string of the molecule is Cc1cc(=O)c(OCc2ccccc2)c(CO[Si](C)(C)C(C)(C)C)o1. The summed E-state index contributed by atoms with van der Waals surface area (Å²) in [6, 6.07) is 11.2. The van der Waals surface area contributed by atoms with E-state index in [9.17, 15) is 4.79 Å². The molecule has 0 N–H and O–H groups in total. The average molecular weight is 361 g/mol. The quantitative estimate of drug-likeness (QED) is 0.676. The first-order valence-electron chi connectivity index (χ1n) is 8.54. The number of hydrogen-bond donors (Lipinski definition) is 0. The maximum Gasteiger partial charge on any atom is 0.227 e. The van der Waals surface area contributed by atoms with E-state index < -0.39 is 8.32 Å². The standard InChI is InChI=1S/C20H28O4Si/c1-15-12-17(21)19(22-13-16-10-8-7-9-11-16)18(24-15)14-23-25(5,6)20(2,3)4/h7-12H,13-14H2,1-6H3. The Morgan fingerprint density at radius 2 is 1.72 bits per heavy atom. The van der Waals surface area contributed by atoms with Gasteiger partial charge in [0.2, 0.25) is 11.2 Å². The Bertz CT molecular complexity index is 758. The fourth-order valence-corrected chi connectivity index (χ4v) is 3.02. The first kappa shape index (κ1) is 19.5. The molecule has 0 saturated heterocycles. The zero-order valence-electron chi connectivity index (χ0n) is 16.0. The minimum absolute atomic E-state index is 0.0855. The van der Waals surface area contributed by atoms with Gasteiger partial charge in [-0.05, 0) is 30.6 Å². The lowest BCUT2D eigenvalue weighted by molar-refractivity contribution is 0.216. The number of hydrogen-bond acceptors (Lipinski definition) is 4. The molecule has 1 heterocycles. The van der Waals surface area contributed by atoms with Crippen LogP contribution in [0.4, 0.5) is 0 Å². The fraction of sp³-hybridized carbons (Fsp3) is 0.450. The average Bonchev–Trinajstić information content (AvgIpc) is 2.51. The summed E-state index contributed by atoms with van der Waals surface area (Å²) in [5.74, 6) is 1.27. The van der Waals surface area contributed by atoms with Gasteiger partial charge in [-0.1, -0.05) is 51.1 Å². The third-order valence-corrected chi connectivity index (χ3v) is 9.17. The molecule has 0 amide bonds. The molecule has 136 valence electrons. The normalized spacial score (nSPS) is 12.2. The van der Waals surface area contributed by atoms with Crippen LogP contribution in [0.25, 0.3) is 0 Å². The van der Waals surface area contributed by atoms with Crippen molar-refractivity contribution >= 4 is 8.32 Å². The second kappa shape index (κ2) is 7.58. The molecule has 0 spiro atoms. The predicted molar refractivity (Wildman–Crippen MR) is 102 cm³/mol. The third-order valence-electron chi connectivity index (χ3n) is 4.69. The van der Waals surface area contributed by atoms with E-state index in [0.717, 1.165) is 5.56 Å². The van der Waals surface area contributed by atoms with E-state index in [-0.39, 0.29) is 22.8 Å². The van der Waals surface area contributed by atoms with Gasteiger partial charge in [0.25, 0.3) is 0 Å². The lowest BCUT2D eigenvalue weighted by Gasteiger charge is -2.36. The highest BCUT2D eigenvalue weighted by molar-refractivity contribution is 6.74. The summed E-state index contributed by atoms with van der Waals surface area (Å²) in [4.78, 5) is 12.4. The lowest BCUT2D eigenvalue weighted by Crippen LogP contribution is -2.40. The first-order valence-corrected chi connectivity index (χ1v) is 11.5. The van der Waals surface area contributed by atoms with Gasteiger partial charge in [0, 0.05) is 6.07 Å². The van der Waals surface area contributed by atoms with Crippen molar-refractivity contribution in [1.82, 2.24) is 0 Å². The summed E-state index contributed by atoms with van der Waals surface area (Å²) in [6.45, 7) is 13.2. The highest BCUT2D eigenvalue weighted by atomic mass is 28.4. The Kier molecular flexibility index (Phi) is 5.90. The van der Waals surface area contributed by atoms with Crippen molar-refractivity contribution in [3.63, 3.8) is 0 Å². The Labute approximate surface area is 150 Å². The number of rotatable bonds is 6. The lowest BCUT2D eigenvalue weighted by atomic mass is 10.2. The van der Waals surface area contributed by atoms with Crippen molar-refractivity contribution < 1.29 is 13.6 Å². The van der Waals surface area contributed by atoms with Gasteiger partial charge < -0.3 is 13.6 Å². The molecule has 25 heavy (non-hydrogen) atoms.